The first-order valence-electron chi connectivity index (χ1n) is 9.98. The molecule has 1 aliphatic rings. The van der Waals surface area contributed by atoms with Crippen molar-refractivity contribution in [2.24, 2.45) is 11.7 Å². The predicted molar refractivity (Wildman–Crippen MR) is 116 cm³/mol. The predicted octanol–water partition coefficient (Wildman–Crippen LogP) is 2.93. The van der Waals surface area contributed by atoms with E-state index < -0.39 is 23.9 Å². The number of nitrogens with zero attached hydrogens (tertiary/aromatic N) is 1. The van der Waals surface area contributed by atoms with Gasteiger partial charge in [0.2, 0.25) is 0 Å². The third kappa shape index (κ3) is 5.48. The number of carbonyl (C=O) groups excluding carboxylic acids is 1. The van der Waals surface area contributed by atoms with Gasteiger partial charge in [0, 0.05) is 29.9 Å². The maximum atomic E-state index is 14.8. The molecule has 0 saturated heterocycles. The van der Waals surface area contributed by atoms with Crippen LogP contribution < -0.4 is 31.2 Å². The molecule has 2 amide bonds. The van der Waals surface area contributed by atoms with Crippen LogP contribution in [0.5, 0.6) is 11.5 Å². The molecule has 0 bridgehead atoms. The molecule has 32 heavy (non-hydrogen) atoms. The number of carbonyl (C=O) groups is 2. The molecule has 11 heteroatoms. The van der Waals surface area contributed by atoms with Crippen LogP contribution in [0.1, 0.15) is 30.1 Å². The minimum absolute atomic E-state index is 0.0325. The summed E-state index contributed by atoms with van der Waals surface area (Å²) in [4.78, 5) is 27.2. The summed E-state index contributed by atoms with van der Waals surface area (Å²) in [7, 11) is 2.99. The molecule has 0 radical (unpaired) electrons. The Morgan fingerprint density at radius 3 is 2.28 bits per heavy atom. The first-order chi connectivity index (χ1) is 15.2. The average Bonchev–Trinajstić information content (AvgIpc) is 3.57. The molecule has 6 N–H and O–H groups in total. The smallest absolute Gasteiger partial charge is 0.404 e. The molecular formula is C21H26FN5O5. The number of benzene rings is 1. The van der Waals surface area contributed by atoms with Gasteiger partial charge in [0.05, 0.1) is 25.8 Å². The van der Waals surface area contributed by atoms with Crippen LogP contribution in [0.3, 0.4) is 0 Å². The standard InChI is InChI=1S/C21H26FN5O5/c1-10(24-21(29)30)17(11-4-5-11)26-20-16(22)9-15(18(23)28)19(27-20)25-12-6-13(31-2)8-14(7-12)32-3/h6-11,17,24H,4-5H2,1-3H3,(H2,23,28)(H,29,30)(H2,25,26,27)/t10-,17-/m0/s1. The first kappa shape index (κ1) is 22.9. The van der Waals surface area contributed by atoms with Crippen LogP contribution in [-0.2, 0) is 0 Å². The number of hydrogen-bond acceptors (Lipinski definition) is 7. The summed E-state index contributed by atoms with van der Waals surface area (Å²) in [6.45, 7) is 1.70. The van der Waals surface area contributed by atoms with Crippen molar-refractivity contribution in [1.29, 1.82) is 0 Å². The normalized spacial score (nSPS) is 14.8. The SMILES string of the molecule is COc1cc(Nc2nc(N[C@H](C3CC3)[C@H](C)NC(=O)O)c(F)cc2C(N)=O)cc(OC)c1. The van der Waals surface area contributed by atoms with Crippen LogP contribution in [0, 0.1) is 11.7 Å². The third-order valence-electron chi connectivity index (χ3n) is 5.18. The molecule has 0 spiro atoms. The Morgan fingerprint density at radius 1 is 1.16 bits per heavy atom. The molecule has 1 heterocycles. The lowest BCUT2D eigenvalue weighted by Gasteiger charge is -2.26. The van der Waals surface area contributed by atoms with E-state index in [1.54, 1.807) is 25.1 Å². The number of ether oxygens (including phenoxy) is 2. The second-order valence-corrected chi connectivity index (χ2v) is 7.55. The van der Waals surface area contributed by atoms with Crippen molar-refractivity contribution in [1.82, 2.24) is 10.3 Å². The van der Waals surface area contributed by atoms with Gasteiger partial charge in [0.15, 0.2) is 11.6 Å². The summed E-state index contributed by atoms with van der Waals surface area (Å²) in [6.07, 6.45) is 0.606. The van der Waals surface area contributed by atoms with E-state index in [2.05, 4.69) is 20.9 Å². The number of nitrogens with one attached hydrogen (secondary N) is 3. The number of carboxylic acid groups (broad SMARTS) is 1. The molecule has 0 unspecified atom stereocenters. The molecule has 1 aromatic heterocycles. The number of halogens is 1. The summed E-state index contributed by atoms with van der Waals surface area (Å²) in [5.41, 5.74) is 5.77. The van der Waals surface area contributed by atoms with Crippen LogP contribution in [0.4, 0.5) is 26.5 Å². The van der Waals surface area contributed by atoms with Gasteiger partial charge in [-0.2, -0.15) is 0 Å². The van der Waals surface area contributed by atoms with Crippen LogP contribution in [0.2, 0.25) is 0 Å². The first-order valence-corrected chi connectivity index (χ1v) is 9.98. The lowest BCUT2D eigenvalue weighted by Crippen LogP contribution is -2.45. The van der Waals surface area contributed by atoms with E-state index in [4.69, 9.17) is 20.3 Å². The van der Waals surface area contributed by atoms with Gasteiger partial charge in [0.25, 0.3) is 5.91 Å². The van der Waals surface area contributed by atoms with Crippen molar-refractivity contribution in [3.05, 3.63) is 35.6 Å². The number of rotatable bonds is 10. The van der Waals surface area contributed by atoms with E-state index in [9.17, 15) is 14.0 Å². The lowest BCUT2D eigenvalue weighted by molar-refractivity contribution is 0.1000. The Kier molecular flexibility index (Phi) is 6.86. The zero-order valence-corrected chi connectivity index (χ0v) is 17.9. The largest absolute Gasteiger partial charge is 0.497 e. The zero-order valence-electron chi connectivity index (χ0n) is 17.9. The monoisotopic (exact) mass is 447 g/mol. The molecule has 172 valence electrons. The molecular weight excluding hydrogens is 421 g/mol. The highest BCUT2D eigenvalue weighted by Gasteiger charge is 2.36. The van der Waals surface area contributed by atoms with Crippen LogP contribution >= 0.6 is 0 Å². The quantitative estimate of drug-likeness (QED) is 0.373. The van der Waals surface area contributed by atoms with Crippen LogP contribution in [0.25, 0.3) is 0 Å². The molecule has 1 saturated carbocycles. The Hall–Kier alpha value is -3.76. The Labute approximate surface area is 184 Å². The van der Waals surface area contributed by atoms with Crippen molar-refractivity contribution in [2.75, 3.05) is 24.9 Å². The Balaban J connectivity index is 1.95. The van der Waals surface area contributed by atoms with Crippen molar-refractivity contribution in [3.8, 4) is 11.5 Å². The molecule has 3 rings (SSSR count). The van der Waals surface area contributed by atoms with Crippen LogP contribution in [0.15, 0.2) is 24.3 Å². The number of pyridine rings is 1. The number of aromatic nitrogens is 1. The third-order valence-corrected chi connectivity index (χ3v) is 5.18. The summed E-state index contributed by atoms with van der Waals surface area (Å²) in [6, 6.07) is 5.10. The maximum absolute atomic E-state index is 14.8. The van der Waals surface area contributed by atoms with Gasteiger partial charge in [-0.05, 0) is 31.7 Å². The number of methoxy groups -OCH3 is 2. The maximum Gasteiger partial charge on any atom is 0.404 e. The number of primary amides is 1. The highest BCUT2D eigenvalue weighted by molar-refractivity contribution is 5.98. The number of anilines is 3. The van der Waals surface area contributed by atoms with Gasteiger partial charge in [-0.3, -0.25) is 4.79 Å². The second-order valence-electron chi connectivity index (χ2n) is 7.55. The molecule has 0 aliphatic heterocycles. The van der Waals surface area contributed by atoms with E-state index in [-0.39, 0.29) is 29.2 Å². The molecule has 1 aromatic carbocycles. The van der Waals surface area contributed by atoms with Crippen LogP contribution in [-0.4, -0.2) is 48.4 Å². The topological polar surface area (TPSA) is 148 Å². The molecule has 10 nitrogen and oxygen atoms in total. The minimum Gasteiger partial charge on any atom is -0.497 e. The second kappa shape index (κ2) is 9.58. The van der Waals surface area contributed by atoms with Crippen molar-refractivity contribution >= 4 is 29.3 Å². The van der Waals surface area contributed by atoms with Gasteiger partial charge >= 0.3 is 6.09 Å². The van der Waals surface area contributed by atoms with E-state index in [0.717, 1.165) is 18.9 Å². The van der Waals surface area contributed by atoms with E-state index in [0.29, 0.717) is 17.2 Å². The highest BCUT2D eigenvalue weighted by Crippen LogP contribution is 2.36. The fourth-order valence-corrected chi connectivity index (χ4v) is 3.44. The molecule has 1 aliphatic carbocycles. The van der Waals surface area contributed by atoms with Gasteiger partial charge < -0.3 is 36.3 Å². The summed E-state index contributed by atoms with van der Waals surface area (Å²) >= 11 is 0. The van der Waals surface area contributed by atoms with Gasteiger partial charge in [0.1, 0.15) is 17.3 Å². The van der Waals surface area contributed by atoms with E-state index in [1.165, 1.54) is 14.2 Å². The van der Waals surface area contributed by atoms with E-state index >= 15 is 0 Å². The summed E-state index contributed by atoms with van der Waals surface area (Å²) in [5.74, 6) is -0.562. The number of amides is 2. The zero-order chi connectivity index (χ0) is 23.4. The summed E-state index contributed by atoms with van der Waals surface area (Å²) < 4.78 is 25.3. The lowest BCUT2D eigenvalue weighted by atomic mass is 10.0. The fraction of sp³-hybridized carbons (Fsp3) is 0.381. The Morgan fingerprint density at radius 2 is 1.78 bits per heavy atom. The fourth-order valence-electron chi connectivity index (χ4n) is 3.44. The highest BCUT2D eigenvalue weighted by atomic mass is 19.1. The number of hydrogen-bond donors (Lipinski definition) is 5. The summed E-state index contributed by atoms with van der Waals surface area (Å²) in [5, 5.41) is 17.4. The molecule has 1 fully saturated rings. The van der Waals surface area contributed by atoms with Crippen molar-refractivity contribution < 1.29 is 28.6 Å². The number of nitrogens with two attached hydrogens (primary N) is 1. The molecule has 2 aromatic rings. The van der Waals surface area contributed by atoms with Gasteiger partial charge in [-0.15, -0.1) is 0 Å². The van der Waals surface area contributed by atoms with Crippen molar-refractivity contribution in [2.45, 2.75) is 31.8 Å². The van der Waals surface area contributed by atoms with Gasteiger partial charge in [-0.1, -0.05) is 0 Å². The van der Waals surface area contributed by atoms with E-state index in [1.807, 2.05) is 0 Å². The minimum atomic E-state index is -1.17. The molecule has 2 atom stereocenters. The van der Waals surface area contributed by atoms with Crippen molar-refractivity contribution in [3.63, 3.8) is 0 Å². The van der Waals surface area contributed by atoms with Gasteiger partial charge in [-0.25, -0.2) is 14.2 Å². The average molecular weight is 447 g/mol. The Bertz CT molecular complexity index is 992.